The molecule has 0 aliphatic heterocycles. The van der Waals surface area contributed by atoms with Crippen molar-refractivity contribution in [3.05, 3.63) is 18.0 Å². The largest absolute Gasteiger partial charge is 0.284 e. The van der Waals surface area contributed by atoms with E-state index < -0.39 is 0 Å². The van der Waals surface area contributed by atoms with E-state index in [4.69, 9.17) is 0 Å². The van der Waals surface area contributed by atoms with Crippen molar-refractivity contribution >= 4 is 11.9 Å². The maximum Gasteiger partial charge on any atom is 0.231 e. The summed E-state index contributed by atoms with van der Waals surface area (Å²) in [5, 5.41) is 0. The average Bonchev–Trinajstić information content (AvgIpc) is 2.15. The Bertz CT molecular complexity index is 351. The van der Waals surface area contributed by atoms with Gasteiger partial charge in [0.2, 0.25) is 11.9 Å². The topological polar surface area (TPSA) is 46.1 Å². The lowest BCUT2D eigenvalue weighted by atomic mass is 9.89. The highest BCUT2D eigenvalue weighted by atomic mass is 16.2. The second-order valence-corrected chi connectivity index (χ2v) is 4.60. The average molecular weight is 207 g/mol. The van der Waals surface area contributed by atoms with Gasteiger partial charge in [-0.2, -0.15) is 0 Å². The molecule has 0 saturated heterocycles. The van der Waals surface area contributed by atoms with Crippen LogP contribution in [0.1, 0.15) is 33.3 Å². The first-order valence-electron chi connectivity index (χ1n) is 4.89. The van der Waals surface area contributed by atoms with Gasteiger partial charge in [-0.25, -0.2) is 9.97 Å². The first-order chi connectivity index (χ1) is 6.82. The normalized spacial score (nSPS) is 11.3. The fourth-order valence-electron chi connectivity index (χ4n) is 1.02. The van der Waals surface area contributed by atoms with E-state index in [9.17, 15) is 4.79 Å². The van der Waals surface area contributed by atoms with Crippen molar-refractivity contribution in [2.45, 2.75) is 33.1 Å². The van der Waals surface area contributed by atoms with Gasteiger partial charge in [-0.15, -0.1) is 0 Å². The van der Waals surface area contributed by atoms with Crippen LogP contribution in [0.4, 0.5) is 5.95 Å². The molecule has 0 bridgehead atoms. The number of rotatable bonds is 1. The van der Waals surface area contributed by atoms with Gasteiger partial charge in [-0.1, -0.05) is 20.8 Å². The molecule has 1 rings (SSSR count). The number of carbonyl (C=O) groups is 1. The van der Waals surface area contributed by atoms with Gasteiger partial charge < -0.3 is 0 Å². The van der Waals surface area contributed by atoms with E-state index in [1.54, 1.807) is 19.4 Å². The summed E-state index contributed by atoms with van der Waals surface area (Å²) < 4.78 is 0. The zero-order valence-electron chi connectivity index (χ0n) is 9.90. The van der Waals surface area contributed by atoms with Crippen molar-refractivity contribution in [3.8, 4) is 0 Å². The highest BCUT2D eigenvalue weighted by molar-refractivity contribution is 5.88. The maximum absolute atomic E-state index is 11.1. The van der Waals surface area contributed by atoms with Gasteiger partial charge in [-0.05, 0) is 11.0 Å². The molecule has 0 radical (unpaired) electrons. The Hall–Kier alpha value is -1.45. The quantitative estimate of drug-likeness (QED) is 0.705. The van der Waals surface area contributed by atoms with Gasteiger partial charge in [0.1, 0.15) is 0 Å². The Morgan fingerprint density at radius 3 is 2.07 bits per heavy atom. The van der Waals surface area contributed by atoms with Crippen molar-refractivity contribution in [2.75, 3.05) is 11.9 Å². The van der Waals surface area contributed by atoms with E-state index in [-0.39, 0.29) is 11.3 Å². The third-order valence-electron chi connectivity index (χ3n) is 2.28. The van der Waals surface area contributed by atoms with Crippen LogP contribution in [0.15, 0.2) is 12.4 Å². The van der Waals surface area contributed by atoms with E-state index in [1.165, 1.54) is 11.8 Å². The lowest BCUT2D eigenvalue weighted by Gasteiger charge is -2.19. The Kier molecular flexibility index (Phi) is 3.07. The predicted molar refractivity (Wildman–Crippen MR) is 59.8 cm³/mol. The second kappa shape index (κ2) is 3.96. The van der Waals surface area contributed by atoms with Crippen LogP contribution in [-0.2, 0) is 10.2 Å². The minimum atomic E-state index is -0.0708. The molecule has 15 heavy (non-hydrogen) atoms. The second-order valence-electron chi connectivity index (χ2n) is 4.60. The molecule has 0 fully saturated rings. The molecule has 0 aromatic carbocycles. The monoisotopic (exact) mass is 207 g/mol. The molecule has 1 amide bonds. The first kappa shape index (κ1) is 11.6. The van der Waals surface area contributed by atoms with Crippen LogP contribution in [-0.4, -0.2) is 22.9 Å². The van der Waals surface area contributed by atoms with Crippen LogP contribution in [0.5, 0.6) is 0 Å². The van der Waals surface area contributed by atoms with Gasteiger partial charge in [0.25, 0.3) is 0 Å². The van der Waals surface area contributed by atoms with Crippen molar-refractivity contribution in [2.24, 2.45) is 0 Å². The molecule has 0 unspecified atom stereocenters. The first-order valence-corrected chi connectivity index (χ1v) is 4.89. The number of amides is 1. The van der Waals surface area contributed by atoms with Crippen LogP contribution in [0.25, 0.3) is 0 Å². The van der Waals surface area contributed by atoms with Crippen LogP contribution in [0.3, 0.4) is 0 Å². The van der Waals surface area contributed by atoms with Crippen molar-refractivity contribution in [1.29, 1.82) is 0 Å². The Labute approximate surface area is 90.3 Å². The van der Waals surface area contributed by atoms with Crippen LogP contribution < -0.4 is 4.90 Å². The van der Waals surface area contributed by atoms with Gasteiger partial charge in [-0.3, -0.25) is 9.69 Å². The number of anilines is 1. The summed E-state index contributed by atoms with van der Waals surface area (Å²) in [7, 11) is 1.66. The highest BCUT2D eigenvalue weighted by Crippen LogP contribution is 2.20. The van der Waals surface area contributed by atoms with Crippen molar-refractivity contribution in [3.63, 3.8) is 0 Å². The van der Waals surface area contributed by atoms with Gasteiger partial charge in [0.05, 0.1) is 0 Å². The molecule has 0 aliphatic carbocycles. The van der Waals surface area contributed by atoms with Gasteiger partial charge in [0.15, 0.2) is 0 Å². The molecule has 0 saturated carbocycles. The molecule has 0 aliphatic rings. The van der Waals surface area contributed by atoms with Crippen LogP contribution in [0, 0.1) is 0 Å². The molecular formula is C11H17N3O. The predicted octanol–water partition coefficient (Wildman–Crippen LogP) is 1.76. The third kappa shape index (κ3) is 2.75. The summed E-state index contributed by atoms with van der Waals surface area (Å²) in [4.78, 5) is 20.8. The van der Waals surface area contributed by atoms with E-state index in [0.29, 0.717) is 5.95 Å². The molecule has 0 atom stereocenters. The Morgan fingerprint density at radius 1 is 1.27 bits per heavy atom. The summed E-state index contributed by atoms with van der Waals surface area (Å²) in [6.45, 7) is 7.78. The number of aromatic nitrogens is 2. The SMILES string of the molecule is CC(=O)N(C)c1ncc(C(C)(C)C)cn1. The molecular weight excluding hydrogens is 190 g/mol. The fourth-order valence-corrected chi connectivity index (χ4v) is 1.02. The summed E-state index contributed by atoms with van der Waals surface area (Å²) in [6, 6.07) is 0. The fraction of sp³-hybridized carbons (Fsp3) is 0.545. The van der Waals surface area contributed by atoms with E-state index in [1.807, 2.05) is 0 Å². The zero-order chi connectivity index (χ0) is 11.6. The van der Waals surface area contributed by atoms with E-state index in [2.05, 4.69) is 30.7 Å². The molecule has 0 spiro atoms. The van der Waals surface area contributed by atoms with E-state index >= 15 is 0 Å². The standard InChI is InChI=1S/C11H17N3O/c1-8(15)14(5)10-12-6-9(7-13-10)11(2,3)4/h6-7H,1-5H3. The smallest absolute Gasteiger partial charge is 0.231 e. The lowest BCUT2D eigenvalue weighted by Crippen LogP contribution is -2.25. The van der Waals surface area contributed by atoms with Gasteiger partial charge >= 0.3 is 0 Å². The van der Waals surface area contributed by atoms with Crippen LogP contribution in [0.2, 0.25) is 0 Å². The molecule has 82 valence electrons. The molecule has 1 heterocycles. The zero-order valence-corrected chi connectivity index (χ0v) is 9.90. The number of hydrogen-bond acceptors (Lipinski definition) is 3. The Morgan fingerprint density at radius 2 is 1.73 bits per heavy atom. The minimum absolute atomic E-state index is 0.0350. The summed E-state index contributed by atoms with van der Waals surface area (Å²) in [6.07, 6.45) is 3.53. The molecule has 0 N–H and O–H groups in total. The number of hydrogen-bond donors (Lipinski definition) is 0. The third-order valence-corrected chi connectivity index (χ3v) is 2.28. The minimum Gasteiger partial charge on any atom is -0.284 e. The Balaban J connectivity index is 2.95. The van der Waals surface area contributed by atoms with E-state index in [0.717, 1.165) is 5.56 Å². The highest BCUT2D eigenvalue weighted by Gasteiger charge is 2.15. The van der Waals surface area contributed by atoms with Gasteiger partial charge in [0, 0.05) is 26.4 Å². The molecule has 4 heteroatoms. The lowest BCUT2D eigenvalue weighted by molar-refractivity contribution is -0.116. The van der Waals surface area contributed by atoms with Crippen molar-refractivity contribution < 1.29 is 4.79 Å². The summed E-state index contributed by atoms with van der Waals surface area (Å²) in [5.41, 5.74) is 1.09. The molecule has 1 aromatic heterocycles. The maximum atomic E-state index is 11.1. The molecule has 1 aromatic rings. The van der Waals surface area contributed by atoms with Crippen molar-refractivity contribution in [1.82, 2.24) is 9.97 Å². The summed E-state index contributed by atoms with van der Waals surface area (Å²) >= 11 is 0. The summed E-state index contributed by atoms with van der Waals surface area (Å²) in [5.74, 6) is 0.369. The number of carbonyl (C=O) groups excluding carboxylic acids is 1. The molecule has 4 nitrogen and oxygen atoms in total. The van der Waals surface area contributed by atoms with Crippen LogP contribution >= 0.6 is 0 Å². The number of nitrogens with zero attached hydrogens (tertiary/aromatic N) is 3.